The number of carbonyl (C=O) groups is 2. The molecule has 0 radical (unpaired) electrons. The van der Waals surface area contributed by atoms with Gasteiger partial charge >= 0.3 is 0 Å². The molecule has 4 nitrogen and oxygen atoms in total. The SMILES string of the molecule is COc1cccc(C=CC(=O)CC(=O)C=Cc2ccc(C)c(OC)c2)c1. The predicted octanol–water partition coefficient (Wildman–Crippen LogP) is 4.27. The van der Waals surface area contributed by atoms with Crippen LogP contribution in [0.5, 0.6) is 11.5 Å². The van der Waals surface area contributed by atoms with Gasteiger partial charge in [-0.15, -0.1) is 0 Å². The van der Waals surface area contributed by atoms with Gasteiger partial charge in [-0.2, -0.15) is 0 Å². The number of hydrogen-bond acceptors (Lipinski definition) is 4. The molecular formula is C22H22O4. The van der Waals surface area contributed by atoms with Gasteiger partial charge in [-0.05, 0) is 54.0 Å². The molecule has 2 aromatic rings. The van der Waals surface area contributed by atoms with Crippen LogP contribution in [-0.2, 0) is 9.59 Å². The maximum Gasteiger partial charge on any atom is 0.163 e. The molecule has 26 heavy (non-hydrogen) atoms. The summed E-state index contributed by atoms with van der Waals surface area (Å²) in [4.78, 5) is 23.9. The summed E-state index contributed by atoms with van der Waals surface area (Å²) in [6.45, 7) is 1.95. The molecule has 0 bridgehead atoms. The summed E-state index contributed by atoms with van der Waals surface area (Å²) < 4.78 is 10.4. The van der Waals surface area contributed by atoms with E-state index in [1.165, 1.54) is 12.2 Å². The van der Waals surface area contributed by atoms with E-state index < -0.39 is 0 Å². The Morgan fingerprint density at radius 2 is 1.54 bits per heavy atom. The Morgan fingerprint density at radius 3 is 2.15 bits per heavy atom. The Labute approximate surface area is 153 Å². The van der Waals surface area contributed by atoms with Gasteiger partial charge in [0.15, 0.2) is 11.6 Å². The van der Waals surface area contributed by atoms with Crippen molar-refractivity contribution in [3.63, 3.8) is 0 Å². The normalized spacial score (nSPS) is 11.0. The largest absolute Gasteiger partial charge is 0.497 e. The summed E-state index contributed by atoms with van der Waals surface area (Å²) >= 11 is 0. The molecule has 0 aliphatic heterocycles. The van der Waals surface area contributed by atoms with Crippen molar-refractivity contribution >= 4 is 23.7 Å². The molecule has 0 aliphatic rings. The fraction of sp³-hybridized carbons (Fsp3) is 0.182. The van der Waals surface area contributed by atoms with Crippen molar-refractivity contribution in [2.24, 2.45) is 0 Å². The van der Waals surface area contributed by atoms with Crippen LogP contribution < -0.4 is 9.47 Å². The summed E-state index contributed by atoms with van der Waals surface area (Å²) in [6, 6.07) is 13.0. The van der Waals surface area contributed by atoms with E-state index in [1.54, 1.807) is 26.4 Å². The van der Waals surface area contributed by atoms with Crippen LogP contribution in [0, 0.1) is 6.92 Å². The maximum atomic E-state index is 12.0. The summed E-state index contributed by atoms with van der Waals surface area (Å²) in [5, 5.41) is 0. The van der Waals surface area contributed by atoms with E-state index in [0.717, 1.165) is 22.4 Å². The molecule has 2 rings (SSSR count). The third-order valence-corrected chi connectivity index (χ3v) is 3.80. The number of hydrogen-bond donors (Lipinski definition) is 0. The van der Waals surface area contributed by atoms with Gasteiger partial charge in [-0.3, -0.25) is 9.59 Å². The highest BCUT2D eigenvalue weighted by Gasteiger charge is 2.04. The summed E-state index contributed by atoms with van der Waals surface area (Å²) in [5.74, 6) is 0.984. The first-order valence-electron chi connectivity index (χ1n) is 8.22. The van der Waals surface area contributed by atoms with Crippen LogP contribution in [0.3, 0.4) is 0 Å². The molecule has 0 heterocycles. The van der Waals surface area contributed by atoms with Crippen molar-refractivity contribution in [1.82, 2.24) is 0 Å². The first-order chi connectivity index (χ1) is 12.5. The lowest BCUT2D eigenvalue weighted by Gasteiger charge is -2.04. The number of carbonyl (C=O) groups excluding carboxylic acids is 2. The zero-order valence-corrected chi connectivity index (χ0v) is 15.2. The molecule has 0 atom stereocenters. The Kier molecular flexibility index (Phi) is 6.92. The number of ether oxygens (including phenoxy) is 2. The first kappa shape index (κ1) is 19.2. The topological polar surface area (TPSA) is 52.6 Å². The Hall–Kier alpha value is -3.14. The molecule has 0 saturated heterocycles. The molecule has 134 valence electrons. The molecule has 0 N–H and O–H groups in total. The van der Waals surface area contributed by atoms with Crippen LogP contribution in [0.2, 0.25) is 0 Å². The van der Waals surface area contributed by atoms with Crippen LogP contribution in [0.4, 0.5) is 0 Å². The van der Waals surface area contributed by atoms with Gasteiger partial charge in [-0.25, -0.2) is 0 Å². The highest BCUT2D eigenvalue weighted by molar-refractivity contribution is 6.10. The molecule has 0 amide bonds. The second-order valence-corrected chi connectivity index (χ2v) is 5.78. The third kappa shape index (κ3) is 5.74. The van der Waals surface area contributed by atoms with E-state index in [2.05, 4.69) is 0 Å². The van der Waals surface area contributed by atoms with Crippen molar-refractivity contribution in [3.8, 4) is 11.5 Å². The van der Waals surface area contributed by atoms with Gasteiger partial charge in [-0.1, -0.05) is 36.4 Å². The van der Waals surface area contributed by atoms with E-state index in [0.29, 0.717) is 5.75 Å². The molecule has 0 aromatic heterocycles. The fourth-order valence-electron chi connectivity index (χ4n) is 2.35. The van der Waals surface area contributed by atoms with Crippen LogP contribution in [0.15, 0.2) is 54.6 Å². The van der Waals surface area contributed by atoms with Gasteiger partial charge in [0.2, 0.25) is 0 Å². The minimum Gasteiger partial charge on any atom is -0.497 e. The zero-order valence-electron chi connectivity index (χ0n) is 15.2. The predicted molar refractivity (Wildman–Crippen MR) is 103 cm³/mol. The average Bonchev–Trinajstić information content (AvgIpc) is 2.66. The third-order valence-electron chi connectivity index (χ3n) is 3.80. The van der Waals surface area contributed by atoms with Gasteiger partial charge in [0.25, 0.3) is 0 Å². The smallest absolute Gasteiger partial charge is 0.163 e. The average molecular weight is 350 g/mol. The van der Waals surface area contributed by atoms with Gasteiger partial charge in [0.05, 0.1) is 20.6 Å². The van der Waals surface area contributed by atoms with E-state index in [4.69, 9.17) is 9.47 Å². The number of methoxy groups -OCH3 is 2. The van der Waals surface area contributed by atoms with E-state index in [-0.39, 0.29) is 18.0 Å². The number of rotatable bonds is 8. The highest BCUT2D eigenvalue weighted by Crippen LogP contribution is 2.19. The Balaban J connectivity index is 1.94. The Morgan fingerprint density at radius 1 is 0.885 bits per heavy atom. The molecule has 0 spiro atoms. The van der Waals surface area contributed by atoms with Gasteiger partial charge in [0, 0.05) is 0 Å². The monoisotopic (exact) mass is 350 g/mol. The quantitative estimate of drug-likeness (QED) is 0.527. The molecule has 0 saturated carbocycles. The number of aryl methyl sites for hydroxylation is 1. The maximum absolute atomic E-state index is 12.0. The summed E-state index contributed by atoms with van der Waals surface area (Å²) in [7, 11) is 3.19. The zero-order chi connectivity index (χ0) is 18.9. The lowest BCUT2D eigenvalue weighted by Crippen LogP contribution is -2.01. The van der Waals surface area contributed by atoms with Crippen molar-refractivity contribution in [3.05, 3.63) is 71.3 Å². The minimum atomic E-state index is -0.246. The molecule has 2 aromatic carbocycles. The molecule has 4 heteroatoms. The molecule has 0 fully saturated rings. The number of ketones is 2. The lowest BCUT2D eigenvalue weighted by atomic mass is 10.1. The minimum absolute atomic E-state index is 0.167. The second kappa shape index (κ2) is 9.37. The van der Waals surface area contributed by atoms with Gasteiger partial charge in [0.1, 0.15) is 11.5 Å². The van der Waals surface area contributed by atoms with Crippen molar-refractivity contribution in [2.45, 2.75) is 13.3 Å². The summed E-state index contributed by atoms with van der Waals surface area (Å²) in [5.41, 5.74) is 2.71. The molecule has 0 unspecified atom stereocenters. The standard InChI is InChI=1S/C22H22O4/c1-16-7-8-18(14-22(16)26-3)10-12-20(24)15-19(23)11-9-17-5-4-6-21(13-17)25-2/h4-14H,15H2,1-3H3. The second-order valence-electron chi connectivity index (χ2n) is 5.78. The molecule has 0 aliphatic carbocycles. The van der Waals surface area contributed by atoms with Gasteiger partial charge < -0.3 is 9.47 Å². The highest BCUT2D eigenvalue weighted by atomic mass is 16.5. The van der Waals surface area contributed by atoms with Crippen LogP contribution in [-0.4, -0.2) is 25.8 Å². The van der Waals surface area contributed by atoms with Crippen molar-refractivity contribution < 1.29 is 19.1 Å². The molecular weight excluding hydrogens is 328 g/mol. The summed E-state index contributed by atoms with van der Waals surface area (Å²) in [6.07, 6.45) is 6.02. The Bertz CT molecular complexity index is 847. The van der Waals surface area contributed by atoms with Crippen molar-refractivity contribution in [1.29, 1.82) is 0 Å². The van der Waals surface area contributed by atoms with Crippen LogP contribution in [0.1, 0.15) is 23.1 Å². The van der Waals surface area contributed by atoms with E-state index in [1.807, 2.05) is 49.4 Å². The lowest BCUT2D eigenvalue weighted by molar-refractivity contribution is -0.121. The van der Waals surface area contributed by atoms with E-state index in [9.17, 15) is 9.59 Å². The van der Waals surface area contributed by atoms with E-state index >= 15 is 0 Å². The van der Waals surface area contributed by atoms with Crippen LogP contribution in [0.25, 0.3) is 12.2 Å². The van der Waals surface area contributed by atoms with Crippen LogP contribution >= 0.6 is 0 Å². The van der Waals surface area contributed by atoms with Crippen molar-refractivity contribution in [2.75, 3.05) is 14.2 Å². The number of allylic oxidation sites excluding steroid dienone is 2. The first-order valence-corrected chi connectivity index (χ1v) is 8.22. The fourth-order valence-corrected chi connectivity index (χ4v) is 2.35. The number of benzene rings is 2.